The minimum Gasteiger partial charge on any atom is -0.378 e. The van der Waals surface area contributed by atoms with Gasteiger partial charge in [-0.15, -0.1) is 0 Å². The molecular formula is C15H17FO3. The van der Waals surface area contributed by atoms with Crippen LogP contribution in [0, 0.1) is 11.7 Å². The molecule has 3 nitrogen and oxygen atoms in total. The molecular weight excluding hydrogens is 247 g/mol. The number of Topliss-reactive ketones (excluding diaryl/α,β-unsaturated/α-hetero) is 1. The van der Waals surface area contributed by atoms with Crippen molar-refractivity contribution in [3.8, 4) is 0 Å². The van der Waals surface area contributed by atoms with E-state index in [0.29, 0.717) is 38.2 Å². The number of hydrogen-bond acceptors (Lipinski definition) is 3. The van der Waals surface area contributed by atoms with Crippen molar-refractivity contribution in [2.24, 2.45) is 5.92 Å². The third-order valence-electron chi connectivity index (χ3n) is 4.04. The van der Waals surface area contributed by atoms with Gasteiger partial charge in [0.05, 0.1) is 12.2 Å². The van der Waals surface area contributed by atoms with Crippen LogP contribution in [-0.4, -0.2) is 31.2 Å². The zero-order chi connectivity index (χ0) is 13.3. The van der Waals surface area contributed by atoms with E-state index in [1.807, 2.05) is 0 Å². The second-order valence-corrected chi connectivity index (χ2v) is 5.40. The molecule has 1 aromatic carbocycles. The molecule has 0 bridgehead atoms. The Morgan fingerprint density at radius 3 is 3.00 bits per heavy atom. The van der Waals surface area contributed by atoms with E-state index >= 15 is 0 Å². The largest absolute Gasteiger partial charge is 0.378 e. The molecule has 0 aromatic heterocycles. The van der Waals surface area contributed by atoms with Crippen LogP contribution in [0.15, 0.2) is 24.3 Å². The standard InChI is InChI=1S/C15H17FO3/c16-13-3-1-2-11(8-13)14(17)12-4-6-19-15(9-12)5-7-18-10-15/h1-3,8,12H,4-7,9-10H2. The monoisotopic (exact) mass is 264 g/mol. The lowest BCUT2D eigenvalue weighted by molar-refractivity contribution is -0.0920. The van der Waals surface area contributed by atoms with Crippen LogP contribution in [0.2, 0.25) is 0 Å². The van der Waals surface area contributed by atoms with Gasteiger partial charge < -0.3 is 9.47 Å². The fourth-order valence-electron chi connectivity index (χ4n) is 2.99. The van der Waals surface area contributed by atoms with Crippen molar-refractivity contribution < 1.29 is 18.7 Å². The molecule has 2 heterocycles. The van der Waals surface area contributed by atoms with E-state index in [2.05, 4.69) is 0 Å². The van der Waals surface area contributed by atoms with Crippen molar-refractivity contribution in [1.29, 1.82) is 0 Å². The van der Waals surface area contributed by atoms with E-state index in [0.717, 1.165) is 6.42 Å². The summed E-state index contributed by atoms with van der Waals surface area (Å²) in [6.07, 6.45) is 2.24. The Bertz CT molecular complexity index is 480. The van der Waals surface area contributed by atoms with Gasteiger partial charge in [-0.25, -0.2) is 4.39 Å². The summed E-state index contributed by atoms with van der Waals surface area (Å²) in [6.45, 7) is 1.84. The molecule has 2 atom stereocenters. The van der Waals surface area contributed by atoms with Crippen molar-refractivity contribution in [3.63, 3.8) is 0 Å². The zero-order valence-corrected chi connectivity index (χ0v) is 10.7. The SMILES string of the molecule is O=C(c1cccc(F)c1)C1CCOC2(CCOC2)C1. The van der Waals surface area contributed by atoms with Crippen LogP contribution >= 0.6 is 0 Å². The maximum atomic E-state index is 13.2. The molecule has 3 rings (SSSR count). The van der Waals surface area contributed by atoms with Crippen molar-refractivity contribution >= 4 is 5.78 Å². The Balaban J connectivity index is 1.76. The quantitative estimate of drug-likeness (QED) is 0.770. The van der Waals surface area contributed by atoms with Gasteiger partial charge in [-0.05, 0) is 25.0 Å². The highest BCUT2D eigenvalue weighted by Gasteiger charge is 2.43. The summed E-state index contributed by atoms with van der Waals surface area (Å²) in [4.78, 5) is 12.4. The van der Waals surface area contributed by atoms with Crippen molar-refractivity contribution in [1.82, 2.24) is 0 Å². The summed E-state index contributed by atoms with van der Waals surface area (Å²) in [5.74, 6) is -0.428. The van der Waals surface area contributed by atoms with Gasteiger partial charge in [0.2, 0.25) is 0 Å². The van der Waals surface area contributed by atoms with Crippen LogP contribution in [0.5, 0.6) is 0 Å². The summed E-state index contributed by atoms with van der Waals surface area (Å²) < 4.78 is 24.4. The molecule has 1 aromatic rings. The molecule has 1 spiro atoms. The molecule has 0 saturated carbocycles. The first-order chi connectivity index (χ1) is 9.19. The Morgan fingerprint density at radius 2 is 2.26 bits per heavy atom. The Hall–Kier alpha value is -1.26. The lowest BCUT2D eigenvalue weighted by Crippen LogP contribution is -2.42. The number of ketones is 1. The topological polar surface area (TPSA) is 35.5 Å². The van der Waals surface area contributed by atoms with Crippen LogP contribution in [0.4, 0.5) is 4.39 Å². The first-order valence-corrected chi connectivity index (χ1v) is 6.70. The van der Waals surface area contributed by atoms with Gasteiger partial charge in [0, 0.05) is 31.1 Å². The molecule has 2 aliphatic rings. The maximum absolute atomic E-state index is 13.2. The number of carbonyl (C=O) groups excluding carboxylic acids is 1. The average molecular weight is 264 g/mol. The maximum Gasteiger partial charge on any atom is 0.166 e. The molecule has 0 amide bonds. The number of halogens is 1. The summed E-state index contributed by atoms with van der Waals surface area (Å²) in [5, 5.41) is 0. The third-order valence-corrected chi connectivity index (χ3v) is 4.04. The van der Waals surface area contributed by atoms with Crippen LogP contribution in [0.3, 0.4) is 0 Å². The molecule has 0 aliphatic carbocycles. The van der Waals surface area contributed by atoms with Crippen LogP contribution in [-0.2, 0) is 9.47 Å². The summed E-state index contributed by atoms with van der Waals surface area (Å²) >= 11 is 0. The summed E-state index contributed by atoms with van der Waals surface area (Å²) in [6, 6.07) is 5.93. The summed E-state index contributed by atoms with van der Waals surface area (Å²) in [5.41, 5.74) is 0.173. The van der Waals surface area contributed by atoms with Crippen LogP contribution in [0.1, 0.15) is 29.6 Å². The van der Waals surface area contributed by atoms with E-state index in [1.54, 1.807) is 12.1 Å². The molecule has 19 heavy (non-hydrogen) atoms. The predicted octanol–water partition coefficient (Wildman–Crippen LogP) is 2.59. The Labute approximate surface area is 111 Å². The van der Waals surface area contributed by atoms with E-state index < -0.39 is 0 Å². The second kappa shape index (κ2) is 5.02. The molecule has 4 heteroatoms. The van der Waals surface area contributed by atoms with Gasteiger partial charge >= 0.3 is 0 Å². The number of carbonyl (C=O) groups is 1. The predicted molar refractivity (Wildman–Crippen MR) is 67.6 cm³/mol. The van der Waals surface area contributed by atoms with E-state index in [4.69, 9.17) is 9.47 Å². The number of ether oxygens (including phenoxy) is 2. The molecule has 2 aliphatic heterocycles. The van der Waals surface area contributed by atoms with E-state index in [9.17, 15) is 9.18 Å². The van der Waals surface area contributed by atoms with Gasteiger partial charge in [-0.3, -0.25) is 4.79 Å². The van der Waals surface area contributed by atoms with Gasteiger partial charge in [-0.2, -0.15) is 0 Å². The Kier molecular flexibility index (Phi) is 3.37. The van der Waals surface area contributed by atoms with E-state index in [-0.39, 0.29) is 23.1 Å². The average Bonchev–Trinajstić information content (AvgIpc) is 2.86. The van der Waals surface area contributed by atoms with Gasteiger partial charge in [0.1, 0.15) is 5.82 Å². The van der Waals surface area contributed by atoms with E-state index in [1.165, 1.54) is 12.1 Å². The van der Waals surface area contributed by atoms with Crippen molar-refractivity contribution in [2.75, 3.05) is 19.8 Å². The van der Waals surface area contributed by atoms with Gasteiger partial charge in [0.15, 0.2) is 5.78 Å². The highest BCUT2D eigenvalue weighted by Crippen LogP contribution is 2.37. The first-order valence-electron chi connectivity index (χ1n) is 6.70. The van der Waals surface area contributed by atoms with Gasteiger partial charge in [0.25, 0.3) is 0 Å². The second-order valence-electron chi connectivity index (χ2n) is 5.40. The van der Waals surface area contributed by atoms with Crippen LogP contribution < -0.4 is 0 Å². The molecule has 0 N–H and O–H groups in total. The summed E-state index contributed by atoms with van der Waals surface area (Å²) in [7, 11) is 0. The highest BCUT2D eigenvalue weighted by atomic mass is 19.1. The lowest BCUT2D eigenvalue weighted by Gasteiger charge is -2.36. The minimum atomic E-state index is -0.364. The molecule has 2 unspecified atom stereocenters. The fraction of sp³-hybridized carbons (Fsp3) is 0.533. The minimum absolute atomic E-state index is 0.0223. The molecule has 2 fully saturated rings. The van der Waals surface area contributed by atoms with Crippen molar-refractivity contribution in [3.05, 3.63) is 35.6 Å². The normalized spacial score (nSPS) is 30.7. The smallest absolute Gasteiger partial charge is 0.166 e. The van der Waals surface area contributed by atoms with Gasteiger partial charge in [-0.1, -0.05) is 12.1 Å². The molecule has 2 saturated heterocycles. The number of rotatable bonds is 2. The lowest BCUT2D eigenvalue weighted by atomic mass is 9.81. The highest BCUT2D eigenvalue weighted by molar-refractivity contribution is 5.97. The number of hydrogen-bond donors (Lipinski definition) is 0. The fourth-order valence-corrected chi connectivity index (χ4v) is 2.99. The van der Waals surface area contributed by atoms with Crippen molar-refractivity contribution in [2.45, 2.75) is 24.9 Å². The first kappa shape index (κ1) is 12.8. The third kappa shape index (κ3) is 2.55. The molecule has 102 valence electrons. The number of benzene rings is 1. The van der Waals surface area contributed by atoms with Crippen LogP contribution in [0.25, 0.3) is 0 Å². The molecule has 0 radical (unpaired) electrons. The zero-order valence-electron chi connectivity index (χ0n) is 10.7. The Morgan fingerprint density at radius 1 is 1.37 bits per heavy atom.